The van der Waals surface area contributed by atoms with Crippen molar-refractivity contribution in [3.05, 3.63) is 41.7 Å². The second-order valence-corrected chi connectivity index (χ2v) is 10.5. The van der Waals surface area contributed by atoms with E-state index in [1.165, 1.54) is 13.4 Å². The summed E-state index contributed by atoms with van der Waals surface area (Å²) in [4.78, 5) is 21.0. The van der Waals surface area contributed by atoms with Gasteiger partial charge in [-0.3, -0.25) is 8.98 Å². The van der Waals surface area contributed by atoms with Gasteiger partial charge in [-0.2, -0.15) is 8.42 Å². The maximum absolute atomic E-state index is 12.3. The van der Waals surface area contributed by atoms with Gasteiger partial charge in [0.05, 0.1) is 30.8 Å². The van der Waals surface area contributed by atoms with Crippen molar-refractivity contribution in [2.75, 3.05) is 25.6 Å². The fourth-order valence-electron chi connectivity index (χ4n) is 5.19. The van der Waals surface area contributed by atoms with Crippen LogP contribution >= 0.6 is 0 Å². The maximum Gasteiger partial charge on any atom is 0.333 e. The predicted molar refractivity (Wildman–Crippen MR) is 130 cm³/mol. The number of aliphatic hydroxyl groups is 1. The average Bonchev–Trinajstić information content (AvgIpc) is 3.53. The highest BCUT2D eigenvalue weighted by Crippen LogP contribution is 2.38. The van der Waals surface area contributed by atoms with Gasteiger partial charge in [-0.05, 0) is 30.4 Å². The Labute approximate surface area is 212 Å². The number of methoxy groups -OCH3 is 1. The zero-order valence-corrected chi connectivity index (χ0v) is 20.8. The lowest BCUT2D eigenvalue weighted by molar-refractivity contribution is -0.125. The number of aliphatic hydroxyl groups excluding tert-OH is 1. The van der Waals surface area contributed by atoms with Crippen molar-refractivity contribution >= 4 is 33.2 Å². The van der Waals surface area contributed by atoms with Gasteiger partial charge in [-0.15, -0.1) is 5.10 Å². The molecule has 1 aromatic carbocycles. The van der Waals surface area contributed by atoms with Crippen LogP contribution in [0.4, 0.5) is 5.82 Å². The molecule has 37 heavy (non-hydrogen) atoms. The first kappa shape index (κ1) is 25.4. The van der Waals surface area contributed by atoms with Crippen molar-refractivity contribution in [1.29, 1.82) is 0 Å². The molecule has 0 radical (unpaired) electrons. The topological polar surface area (TPSA) is 196 Å². The van der Waals surface area contributed by atoms with Gasteiger partial charge < -0.3 is 20.5 Å². The Hall–Kier alpha value is -3.24. The van der Waals surface area contributed by atoms with E-state index in [9.17, 15) is 18.3 Å². The summed E-state index contributed by atoms with van der Waals surface area (Å²) >= 11 is 0. The minimum atomic E-state index is -4.10. The standard InChI is InChI=1S/C22H28N8O6S/c1-35-10-18(32)26-16-7-12-4-2-3-5-15(12)19(16)27-21-20-22(25-11-24-21)30(29-28-20)14-6-13(17(31)8-14)9-36-37(23,33)34/h2-5,11,13-14,16-17,19,31H,6-10H2,1H3,(H,26,32)(H2,23,33,34)(H,24,25,27)/t13?,14?,16-,17?,19-/m1/s1. The molecule has 15 heteroatoms. The molecule has 0 bridgehead atoms. The number of aromatic nitrogens is 5. The molecule has 5 N–H and O–H groups in total. The van der Waals surface area contributed by atoms with E-state index in [0.29, 0.717) is 36.2 Å². The van der Waals surface area contributed by atoms with Crippen LogP contribution in [0.15, 0.2) is 30.6 Å². The fraction of sp³-hybridized carbons (Fsp3) is 0.500. The van der Waals surface area contributed by atoms with Gasteiger partial charge in [0.2, 0.25) is 5.91 Å². The van der Waals surface area contributed by atoms with Crippen LogP contribution in [0.2, 0.25) is 0 Å². The molecule has 3 unspecified atom stereocenters. The van der Waals surface area contributed by atoms with Gasteiger partial charge in [-0.25, -0.2) is 19.8 Å². The molecule has 5 rings (SSSR count). The number of carbonyl (C=O) groups is 1. The van der Waals surface area contributed by atoms with E-state index in [2.05, 4.69) is 35.1 Å². The van der Waals surface area contributed by atoms with E-state index >= 15 is 0 Å². The van der Waals surface area contributed by atoms with Crippen LogP contribution in [-0.4, -0.2) is 76.9 Å². The van der Waals surface area contributed by atoms with Crippen LogP contribution in [0.5, 0.6) is 0 Å². The van der Waals surface area contributed by atoms with Gasteiger partial charge in [0.25, 0.3) is 0 Å². The average molecular weight is 533 g/mol. The number of hydrogen-bond donors (Lipinski definition) is 4. The van der Waals surface area contributed by atoms with Crippen LogP contribution in [-0.2, 0) is 30.4 Å². The number of hydrogen-bond acceptors (Lipinski definition) is 11. The molecule has 1 fully saturated rings. The first-order valence-electron chi connectivity index (χ1n) is 11.8. The molecule has 0 saturated heterocycles. The van der Waals surface area contributed by atoms with E-state index in [1.54, 1.807) is 4.68 Å². The number of nitrogens with two attached hydrogens (primary N) is 1. The summed E-state index contributed by atoms with van der Waals surface area (Å²) < 4.78 is 33.5. The second-order valence-electron chi connectivity index (χ2n) is 9.29. The number of rotatable bonds is 9. The minimum absolute atomic E-state index is 0.0396. The molecule has 2 aromatic heterocycles. The molecule has 5 atom stereocenters. The van der Waals surface area contributed by atoms with Crippen molar-refractivity contribution < 1.29 is 27.2 Å². The SMILES string of the molecule is COCC(=O)N[C@@H]1Cc2ccccc2[C@H]1Nc1ncnc2c1nnn2C1CC(O)C(COS(N)(=O)=O)C1. The van der Waals surface area contributed by atoms with Gasteiger partial charge in [0.1, 0.15) is 12.9 Å². The van der Waals surface area contributed by atoms with Crippen molar-refractivity contribution in [3.63, 3.8) is 0 Å². The summed E-state index contributed by atoms with van der Waals surface area (Å²) in [7, 11) is -2.63. The lowest BCUT2D eigenvalue weighted by atomic mass is 10.1. The van der Waals surface area contributed by atoms with Crippen molar-refractivity contribution in [3.8, 4) is 0 Å². The highest BCUT2D eigenvalue weighted by molar-refractivity contribution is 7.84. The van der Waals surface area contributed by atoms with E-state index < -0.39 is 22.3 Å². The number of anilines is 1. The number of nitrogens with one attached hydrogen (secondary N) is 2. The van der Waals surface area contributed by atoms with E-state index in [4.69, 9.17) is 9.88 Å². The number of ether oxygens (including phenoxy) is 1. The number of amides is 1. The van der Waals surface area contributed by atoms with Crippen molar-refractivity contribution in [2.45, 2.75) is 43.5 Å². The summed E-state index contributed by atoms with van der Waals surface area (Å²) in [6.45, 7) is -0.260. The lowest BCUT2D eigenvalue weighted by Gasteiger charge is -2.23. The van der Waals surface area contributed by atoms with Gasteiger partial charge >= 0.3 is 10.3 Å². The van der Waals surface area contributed by atoms with Crippen molar-refractivity contribution in [1.82, 2.24) is 30.3 Å². The summed E-state index contributed by atoms with van der Waals surface area (Å²) in [5, 5.41) is 30.4. The highest BCUT2D eigenvalue weighted by Gasteiger charge is 2.37. The minimum Gasteiger partial charge on any atom is -0.393 e. The maximum atomic E-state index is 12.3. The molecule has 3 aromatic rings. The Bertz CT molecular complexity index is 1400. The van der Waals surface area contributed by atoms with E-state index in [1.807, 2.05) is 24.3 Å². The first-order valence-corrected chi connectivity index (χ1v) is 13.2. The smallest absolute Gasteiger partial charge is 0.333 e. The molecule has 0 spiro atoms. The predicted octanol–water partition coefficient (Wildman–Crippen LogP) is -0.406. The first-order chi connectivity index (χ1) is 17.7. The highest BCUT2D eigenvalue weighted by atomic mass is 32.2. The van der Waals surface area contributed by atoms with Crippen LogP contribution < -0.4 is 15.8 Å². The third-order valence-electron chi connectivity index (χ3n) is 6.83. The quantitative estimate of drug-likeness (QED) is 0.280. The summed E-state index contributed by atoms with van der Waals surface area (Å²) in [6, 6.07) is 7.16. The molecular weight excluding hydrogens is 504 g/mol. The van der Waals surface area contributed by atoms with Crippen LogP contribution in [0.3, 0.4) is 0 Å². The third-order valence-corrected chi connectivity index (χ3v) is 7.30. The molecule has 1 saturated carbocycles. The zero-order valence-electron chi connectivity index (χ0n) is 20.0. The molecule has 0 aliphatic heterocycles. The van der Waals surface area contributed by atoms with Crippen LogP contribution in [0, 0.1) is 5.92 Å². The monoisotopic (exact) mass is 532 g/mol. The number of fused-ring (bicyclic) bond motifs is 2. The van der Waals surface area contributed by atoms with Gasteiger partial charge in [0, 0.05) is 13.0 Å². The summed E-state index contributed by atoms with van der Waals surface area (Å²) in [5.41, 5.74) is 3.06. The number of benzene rings is 1. The Kier molecular flexibility index (Phi) is 7.04. The normalized spacial score (nSPS) is 25.3. The number of nitrogens with zero attached hydrogens (tertiary/aromatic N) is 5. The summed E-state index contributed by atoms with van der Waals surface area (Å²) in [5.74, 6) is -0.197. The molecule has 1 amide bonds. The summed E-state index contributed by atoms with van der Waals surface area (Å²) in [6.07, 6.45) is 1.99. The van der Waals surface area contributed by atoms with Crippen LogP contribution in [0.25, 0.3) is 11.2 Å². The molecule has 2 aliphatic carbocycles. The lowest BCUT2D eigenvalue weighted by Crippen LogP contribution is -2.41. The second kappa shape index (κ2) is 10.3. The Morgan fingerprint density at radius 1 is 1.27 bits per heavy atom. The van der Waals surface area contributed by atoms with E-state index in [-0.39, 0.29) is 37.2 Å². The fourth-order valence-corrected chi connectivity index (χ4v) is 5.55. The number of carbonyl (C=O) groups excluding carboxylic acids is 1. The van der Waals surface area contributed by atoms with Crippen molar-refractivity contribution in [2.24, 2.45) is 11.1 Å². The Balaban J connectivity index is 1.38. The van der Waals surface area contributed by atoms with Crippen LogP contribution in [0.1, 0.15) is 36.1 Å². The molecule has 2 aliphatic rings. The van der Waals surface area contributed by atoms with E-state index in [0.717, 1.165) is 11.1 Å². The van der Waals surface area contributed by atoms with Gasteiger partial charge in [-0.1, -0.05) is 29.5 Å². The third kappa shape index (κ3) is 5.40. The molecule has 198 valence electrons. The van der Waals surface area contributed by atoms with Gasteiger partial charge in [0.15, 0.2) is 17.0 Å². The zero-order chi connectivity index (χ0) is 26.2. The molecular formula is C22H28N8O6S. The Morgan fingerprint density at radius 2 is 2.08 bits per heavy atom. The Morgan fingerprint density at radius 3 is 2.86 bits per heavy atom. The molecule has 2 heterocycles. The largest absolute Gasteiger partial charge is 0.393 e. The molecule has 14 nitrogen and oxygen atoms in total.